The zero-order valence-electron chi connectivity index (χ0n) is 9.20. The fourth-order valence-electron chi connectivity index (χ4n) is 1.87. The minimum absolute atomic E-state index is 0.786. The van der Waals surface area contributed by atoms with Crippen LogP contribution < -0.4 is 10.6 Å². The Hall–Kier alpha value is -0.700. The predicted molar refractivity (Wildman–Crippen MR) is 69.1 cm³/mol. The zero-order valence-corrected chi connectivity index (χ0v) is 10.8. The van der Waals surface area contributed by atoms with Crippen LogP contribution in [0.2, 0.25) is 0 Å². The van der Waals surface area contributed by atoms with Gasteiger partial charge in [-0.05, 0) is 46.0 Å². The van der Waals surface area contributed by atoms with Crippen LogP contribution >= 0.6 is 15.9 Å². The first-order valence-electron chi connectivity index (χ1n) is 5.38. The van der Waals surface area contributed by atoms with Crippen LogP contribution in [0.25, 0.3) is 0 Å². The highest BCUT2D eigenvalue weighted by Gasteiger charge is 2.29. The fourth-order valence-corrected chi connectivity index (χ4v) is 2.12. The summed E-state index contributed by atoms with van der Waals surface area (Å²) < 4.78 is 0.979. The zero-order chi connectivity index (χ0) is 11.0. The average molecular weight is 269 g/mol. The van der Waals surface area contributed by atoms with E-state index in [1.165, 1.54) is 18.8 Å². The standard InChI is InChI=1S/C12H17BrN2/c1-8(2)9-6-15(7-9)10-3-4-11(13)12(14)5-10/h3-5,8-9H,6-7,14H2,1-2H3. The van der Waals surface area contributed by atoms with Crippen molar-refractivity contribution in [2.24, 2.45) is 11.8 Å². The van der Waals surface area contributed by atoms with Gasteiger partial charge in [0.15, 0.2) is 0 Å². The summed E-state index contributed by atoms with van der Waals surface area (Å²) in [5.74, 6) is 1.63. The molecule has 0 aliphatic carbocycles. The molecule has 2 N–H and O–H groups in total. The number of nitrogens with zero attached hydrogens (tertiary/aromatic N) is 1. The first kappa shape index (κ1) is 10.8. The van der Waals surface area contributed by atoms with E-state index in [-0.39, 0.29) is 0 Å². The lowest BCUT2D eigenvalue weighted by Gasteiger charge is -2.43. The maximum atomic E-state index is 5.86. The highest BCUT2D eigenvalue weighted by Crippen LogP contribution is 2.32. The summed E-state index contributed by atoms with van der Waals surface area (Å²) in [5.41, 5.74) is 7.92. The molecule has 82 valence electrons. The third-order valence-corrected chi connectivity index (χ3v) is 3.92. The van der Waals surface area contributed by atoms with E-state index in [1.54, 1.807) is 0 Å². The molecule has 1 aliphatic rings. The summed E-state index contributed by atoms with van der Waals surface area (Å²) in [7, 11) is 0. The first-order chi connectivity index (χ1) is 7.08. The molecule has 0 spiro atoms. The SMILES string of the molecule is CC(C)C1CN(c2ccc(Br)c(N)c2)C1. The van der Waals surface area contributed by atoms with Crippen LogP contribution in [0.4, 0.5) is 11.4 Å². The Kier molecular flexibility index (Phi) is 2.91. The number of nitrogen functional groups attached to an aromatic ring is 1. The van der Waals surface area contributed by atoms with Gasteiger partial charge in [-0.15, -0.1) is 0 Å². The molecular weight excluding hydrogens is 252 g/mol. The minimum atomic E-state index is 0.786. The highest BCUT2D eigenvalue weighted by molar-refractivity contribution is 9.10. The summed E-state index contributed by atoms with van der Waals surface area (Å²) in [6.45, 7) is 6.91. The van der Waals surface area contributed by atoms with Crippen LogP contribution in [0.3, 0.4) is 0 Å². The maximum Gasteiger partial charge on any atom is 0.0479 e. The van der Waals surface area contributed by atoms with E-state index in [1.807, 2.05) is 12.1 Å². The molecule has 2 nitrogen and oxygen atoms in total. The van der Waals surface area contributed by atoms with Crippen LogP contribution in [-0.4, -0.2) is 13.1 Å². The normalized spacial score (nSPS) is 16.9. The molecule has 1 heterocycles. The molecular formula is C12H17BrN2. The van der Waals surface area contributed by atoms with Crippen LogP contribution in [0.5, 0.6) is 0 Å². The van der Waals surface area contributed by atoms with Gasteiger partial charge in [-0.25, -0.2) is 0 Å². The average Bonchev–Trinajstić information content (AvgIpc) is 2.08. The summed E-state index contributed by atoms with van der Waals surface area (Å²) >= 11 is 3.41. The summed E-state index contributed by atoms with van der Waals surface area (Å²) in [4.78, 5) is 2.38. The van der Waals surface area contributed by atoms with Crippen molar-refractivity contribution in [2.75, 3.05) is 23.7 Å². The van der Waals surface area contributed by atoms with E-state index in [0.29, 0.717) is 0 Å². The molecule has 1 aromatic rings. The van der Waals surface area contributed by atoms with Gasteiger partial charge in [-0.2, -0.15) is 0 Å². The fraction of sp³-hybridized carbons (Fsp3) is 0.500. The van der Waals surface area contributed by atoms with E-state index in [2.05, 4.69) is 40.7 Å². The van der Waals surface area contributed by atoms with Gasteiger partial charge in [0.25, 0.3) is 0 Å². The van der Waals surface area contributed by atoms with Gasteiger partial charge >= 0.3 is 0 Å². The van der Waals surface area contributed by atoms with Gasteiger partial charge in [0, 0.05) is 28.9 Å². The summed E-state index contributed by atoms with van der Waals surface area (Å²) in [5, 5.41) is 0. The highest BCUT2D eigenvalue weighted by atomic mass is 79.9. The third kappa shape index (κ3) is 2.12. The van der Waals surface area contributed by atoms with Gasteiger partial charge in [0.05, 0.1) is 0 Å². The molecule has 15 heavy (non-hydrogen) atoms. The smallest absolute Gasteiger partial charge is 0.0479 e. The van der Waals surface area contributed by atoms with Gasteiger partial charge < -0.3 is 10.6 Å². The van der Waals surface area contributed by atoms with E-state index in [4.69, 9.17) is 5.73 Å². The van der Waals surface area contributed by atoms with Gasteiger partial charge in [-0.1, -0.05) is 13.8 Å². The molecule has 0 radical (unpaired) electrons. The number of nitrogens with two attached hydrogens (primary N) is 1. The van der Waals surface area contributed by atoms with Crippen LogP contribution in [0.15, 0.2) is 22.7 Å². The Morgan fingerprint density at radius 1 is 1.40 bits per heavy atom. The second-order valence-electron chi connectivity index (χ2n) is 4.61. The number of hydrogen-bond acceptors (Lipinski definition) is 2. The second kappa shape index (κ2) is 4.05. The Labute approximate surface area is 99.6 Å². The maximum absolute atomic E-state index is 5.86. The van der Waals surface area contributed by atoms with Crippen molar-refractivity contribution in [1.82, 2.24) is 0 Å². The van der Waals surface area contributed by atoms with E-state index in [9.17, 15) is 0 Å². The number of anilines is 2. The molecule has 1 aromatic carbocycles. The molecule has 1 fully saturated rings. The van der Waals surface area contributed by atoms with Crippen molar-refractivity contribution >= 4 is 27.3 Å². The Morgan fingerprint density at radius 3 is 2.60 bits per heavy atom. The van der Waals surface area contributed by atoms with Gasteiger partial charge in [0.1, 0.15) is 0 Å². The monoisotopic (exact) mass is 268 g/mol. The van der Waals surface area contributed by atoms with Crippen LogP contribution in [0.1, 0.15) is 13.8 Å². The van der Waals surface area contributed by atoms with Gasteiger partial charge in [0.2, 0.25) is 0 Å². The summed E-state index contributed by atoms with van der Waals surface area (Å²) in [6.07, 6.45) is 0. The topological polar surface area (TPSA) is 29.3 Å². The van der Waals surface area contributed by atoms with Crippen molar-refractivity contribution in [3.63, 3.8) is 0 Å². The lowest BCUT2D eigenvalue weighted by molar-refractivity contribution is 0.310. The Bertz CT molecular complexity index is 357. The quantitative estimate of drug-likeness (QED) is 0.836. The number of hydrogen-bond donors (Lipinski definition) is 1. The lowest BCUT2D eigenvalue weighted by Crippen LogP contribution is -2.49. The van der Waals surface area contributed by atoms with Crippen molar-refractivity contribution < 1.29 is 0 Å². The van der Waals surface area contributed by atoms with E-state index < -0.39 is 0 Å². The minimum Gasteiger partial charge on any atom is -0.398 e. The molecule has 0 saturated carbocycles. The molecule has 0 aromatic heterocycles. The van der Waals surface area contributed by atoms with Gasteiger partial charge in [-0.3, -0.25) is 0 Å². The molecule has 2 rings (SSSR count). The number of rotatable bonds is 2. The van der Waals surface area contributed by atoms with Crippen LogP contribution in [-0.2, 0) is 0 Å². The van der Waals surface area contributed by atoms with Crippen molar-refractivity contribution in [1.29, 1.82) is 0 Å². The third-order valence-electron chi connectivity index (χ3n) is 3.20. The number of halogens is 1. The molecule has 1 saturated heterocycles. The first-order valence-corrected chi connectivity index (χ1v) is 6.17. The van der Waals surface area contributed by atoms with Crippen LogP contribution in [0, 0.1) is 11.8 Å². The second-order valence-corrected chi connectivity index (χ2v) is 5.47. The molecule has 1 aliphatic heterocycles. The molecule has 0 bridgehead atoms. The summed E-state index contributed by atoms with van der Waals surface area (Å²) in [6, 6.07) is 6.19. The molecule has 0 amide bonds. The Morgan fingerprint density at radius 2 is 2.07 bits per heavy atom. The van der Waals surface area contributed by atoms with E-state index in [0.717, 1.165) is 22.0 Å². The van der Waals surface area contributed by atoms with Crippen molar-refractivity contribution in [3.8, 4) is 0 Å². The number of benzene rings is 1. The largest absolute Gasteiger partial charge is 0.398 e. The van der Waals surface area contributed by atoms with Crippen molar-refractivity contribution in [2.45, 2.75) is 13.8 Å². The van der Waals surface area contributed by atoms with E-state index >= 15 is 0 Å². The predicted octanol–water partition coefficient (Wildman–Crippen LogP) is 3.12. The molecule has 3 heteroatoms. The molecule has 0 atom stereocenters. The lowest BCUT2D eigenvalue weighted by atomic mass is 9.88. The molecule has 0 unspecified atom stereocenters. The Balaban J connectivity index is 2.04. The van der Waals surface area contributed by atoms with Crippen molar-refractivity contribution in [3.05, 3.63) is 22.7 Å².